The third-order valence-electron chi connectivity index (χ3n) is 4.64. The predicted molar refractivity (Wildman–Crippen MR) is 130 cm³/mol. The fraction of sp³-hybridized carbons (Fsp3) is 0.120. The van der Waals surface area contributed by atoms with E-state index in [1.54, 1.807) is 30.3 Å². The molecule has 0 atom stereocenters. The van der Waals surface area contributed by atoms with Gasteiger partial charge in [0.25, 0.3) is 5.91 Å². The summed E-state index contributed by atoms with van der Waals surface area (Å²) in [6, 6.07) is 17.9. The Hall–Kier alpha value is -2.97. The Morgan fingerprint density at radius 3 is 2.44 bits per heavy atom. The molecule has 7 heteroatoms. The zero-order valence-electron chi connectivity index (χ0n) is 17.4. The van der Waals surface area contributed by atoms with Crippen molar-refractivity contribution in [2.45, 2.75) is 20.5 Å². The molecule has 0 aliphatic heterocycles. The van der Waals surface area contributed by atoms with Crippen LogP contribution in [-0.2, 0) is 11.4 Å². The number of hydrogen-bond acceptors (Lipinski definition) is 3. The van der Waals surface area contributed by atoms with Gasteiger partial charge in [-0.25, -0.2) is 0 Å². The van der Waals surface area contributed by atoms with Gasteiger partial charge in [0.1, 0.15) is 24.0 Å². The van der Waals surface area contributed by atoms with E-state index in [1.807, 2.05) is 44.2 Å². The van der Waals surface area contributed by atoms with Gasteiger partial charge in [-0.05, 0) is 66.9 Å². The molecule has 1 N–H and O–H groups in total. The average molecular weight is 486 g/mol. The van der Waals surface area contributed by atoms with Crippen molar-refractivity contribution in [3.8, 4) is 11.8 Å². The van der Waals surface area contributed by atoms with E-state index >= 15 is 0 Å². The van der Waals surface area contributed by atoms with Gasteiger partial charge in [-0.15, -0.1) is 0 Å². The van der Waals surface area contributed by atoms with Crippen molar-refractivity contribution in [1.82, 2.24) is 0 Å². The van der Waals surface area contributed by atoms with Gasteiger partial charge in [-0.3, -0.25) is 4.79 Å². The minimum absolute atomic E-state index is 0.0366. The van der Waals surface area contributed by atoms with E-state index in [2.05, 4.69) is 5.32 Å². The summed E-state index contributed by atoms with van der Waals surface area (Å²) < 4.78 is 5.75. The van der Waals surface area contributed by atoms with Crippen LogP contribution >= 0.6 is 34.8 Å². The van der Waals surface area contributed by atoms with E-state index in [0.717, 1.165) is 16.7 Å². The van der Waals surface area contributed by atoms with Crippen LogP contribution in [-0.4, -0.2) is 5.91 Å². The van der Waals surface area contributed by atoms with Gasteiger partial charge in [0.05, 0.1) is 15.1 Å². The molecule has 0 radical (unpaired) electrons. The second kappa shape index (κ2) is 10.6. The number of carbonyl (C=O) groups excluding carboxylic acids is 1. The summed E-state index contributed by atoms with van der Waals surface area (Å²) in [5.41, 5.74) is 4.07. The number of nitrogens with zero attached hydrogens (tertiary/aromatic N) is 1. The summed E-state index contributed by atoms with van der Waals surface area (Å²) in [7, 11) is 0. The number of ether oxygens (including phenoxy) is 1. The second-order valence-electron chi connectivity index (χ2n) is 7.17. The van der Waals surface area contributed by atoms with Crippen LogP contribution in [0, 0.1) is 25.2 Å². The predicted octanol–water partition coefficient (Wildman–Crippen LogP) is 7.39. The molecule has 0 heterocycles. The van der Waals surface area contributed by atoms with Gasteiger partial charge in [-0.2, -0.15) is 5.26 Å². The molecule has 3 aromatic rings. The molecule has 32 heavy (non-hydrogen) atoms. The minimum Gasteiger partial charge on any atom is -0.487 e. The molecule has 4 nitrogen and oxygen atoms in total. The Kier molecular flexibility index (Phi) is 7.82. The summed E-state index contributed by atoms with van der Waals surface area (Å²) in [5, 5.41) is 13.5. The lowest BCUT2D eigenvalue weighted by molar-refractivity contribution is -0.112. The highest BCUT2D eigenvalue weighted by Crippen LogP contribution is 2.29. The van der Waals surface area contributed by atoms with Gasteiger partial charge >= 0.3 is 0 Å². The molecule has 0 aromatic heterocycles. The maximum absolute atomic E-state index is 12.6. The quantitative estimate of drug-likeness (QED) is 0.292. The number of halogens is 3. The fourth-order valence-electron chi connectivity index (χ4n) is 2.97. The molecule has 1 amide bonds. The van der Waals surface area contributed by atoms with E-state index in [9.17, 15) is 10.1 Å². The van der Waals surface area contributed by atoms with Gasteiger partial charge in [-0.1, -0.05) is 64.6 Å². The van der Waals surface area contributed by atoms with Crippen molar-refractivity contribution in [3.05, 3.63) is 97.5 Å². The van der Waals surface area contributed by atoms with Crippen molar-refractivity contribution in [2.75, 3.05) is 5.32 Å². The van der Waals surface area contributed by atoms with Crippen LogP contribution in [0.4, 0.5) is 5.69 Å². The first kappa shape index (κ1) is 23.7. The first-order valence-electron chi connectivity index (χ1n) is 9.63. The third kappa shape index (κ3) is 6.05. The number of benzene rings is 3. The lowest BCUT2D eigenvalue weighted by atomic mass is 10.1. The number of nitrogens with one attached hydrogen (secondary N) is 1. The highest BCUT2D eigenvalue weighted by Gasteiger charge is 2.12. The van der Waals surface area contributed by atoms with Crippen LogP contribution in [0.15, 0.2) is 60.2 Å². The topological polar surface area (TPSA) is 62.1 Å². The Morgan fingerprint density at radius 1 is 1.00 bits per heavy atom. The first-order valence-corrected chi connectivity index (χ1v) is 10.8. The van der Waals surface area contributed by atoms with E-state index in [0.29, 0.717) is 32.1 Å². The first-order chi connectivity index (χ1) is 15.3. The van der Waals surface area contributed by atoms with Crippen LogP contribution in [0.25, 0.3) is 6.08 Å². The van der Waals surface area contributed by atoms with Gasteiger partial charge in [0, 0.05) is 5.69 Å². The van der Waals surface area contributed by atoms with Crippen molar-refractivity contribution in [3.63, 3.8) is 0 Å². The molecule has 0 saturated carbocycles. The van der Waals surface area contributed by atoms with E-state index < -0.39 is 5.91 Å². The molecule has 0 fully saturated rings. The molecule has 0 saturated heterocycles. The molecule has 0 spiro atoms. The number of nitriles is 1. The number of rotatable bonds is 6. The van der Waals surface area contributed by atoms with E-state index in [-0.39, 0.29) is 12.2 Å². The third-order valence-corrected chi connectivity index (χ3v) is 5.67. The standard InChI is InChI=1S/C25H19Cl3N2O2/c1-15-3-7-23(16(2)9-15)30-25(31)19(13-29)10-17-5-8-24(22(28)11-17)32-14-18-4-6-20(26)21(27)12-18/h3-12H,14H2,1-2H3,(H,30,31)/b19-10+. The highest BCUT2D eigenvalue weighted by molar-refractivity contribution is 6.42. The summed E-state index contributed by atoms with van der Waals surface area (Å²) in [4.78, 5) is 12.6. The van der Waals surface area contributed by atoms with Gasteiger partial charge in [0.2, 0.25) is 0 Å². The minimum atomic E-state index is -0.490. The SMILES string of the molecule is Cc1ccc(NC(=O)/C(C#N)=C/c2ccc(OCc3ccc(Cl)c(Cl)c3)c(Cl)c2)c(C)c1. The Morgan fingerprint density at radius 2 is 1.78 bits per heavy atom. The molecule has 162 valence electrons. The van der Waals surface area contributed by atoms with Crippen LogP contribution in [0.5, 0.6) is 5.75 Å². The summed E-state index contributed by atoms with van der Waals surface area (Å²) in [6.07, 6.45) is 1.48. The summed E-state index contributed by atoms with van der Waals surface area (Å²) in [5.74, 6) is -0.0244. The van der Waals surface area contributed by atoms with E-state index in [1.165, 1.54) is 6.08 Å². The fourth-order valence-corrected chi connectivity index (χ4v) is 3.54. The second-order valence-corrected chi connectivity index (χ2v) is 8.39. The molecular formula is C25H19Cl3N2O2. The van der Waals surface area contributed by atoms with Crippen molar-refractivity contribution >= 4 is 52.5 Å². The largest absolute Gasteiger partial charge is 0.487 e. The monoisotopic (exact) mass is 484 g/mol. The maximum atomic E-state index is 12.6. The Bertz CT molecular complexity index is 1250. The lowest BCUT2D eigenvalue weighted by Crippen LogP contribution is -2.14. The molecule has 0 unspecified atom stereocenters. The summed E-state index contributed by atoms with van der Waals surface area (Å²) >= 11 is 18.3. The van der Waals surface area contributed by atoms with Crippen LogP contribution in [0.1, 0.15) is 22.3 Å². The number of amides is 1. The van der Waals surface area contributed by atoms with Gasteiger partial charge < -0.3 is 10.1 Å². The highest BCUT2D eigenvalue weighted by atomic mass is 35.5. The van der Waals surface area contributed by atoms with Crippen LogP contribution in [0.3, 0.4) is 0 Å². The molecule has 0 aliphatic carbocycles. The maximum Gasteiger partial charge on any atom is 0.266 e. The van der Waals surface area contributed by atoms with Crippen LogP contribution in [0.2, 0.25) is 15.1 Å². The van der Waals surface area contributed by atoms with Crippen LogP contribution < -0.4 is 10.1 Å². The Balaban J connectivity index is 1.72. The molecular weight excluding hydrogens is 467 g/mol. The molecule has 0 aliphatic rings. The van der Waals surface area contributed by atoms with Crippen molar-refractivity contribution < 1.29 is 9.53 Å². The van der Waals surface area contributed by atoms with E-state index in [4.69, 9.17) is 39.5 Å². The zero-order valence-corrected chi connectivity index (χ0v) is 19.6. The summed E-state index contributed by atoms with van der Waals surface area (Å²) in [6.45, 7) is 4.13. The number of anilines is 1. The average Bonchev–Trinajstić information content (AvgIpc) is 2.75. The Labute approximate surface area is 202 Å². The number of carbonyl (C=O) groups is 1. The van der Waals surface area contributed by atoms with Gasteiger partial charge in [0.15, 0.2) is 0 Å². The normalized spacial score (nSPS) is 11.1. The zero-order chi connectivity index (χ0) is 23.3. The molecule has 0 bridgehead atoms. The van der Waals surface area contributed by atoms with Crippen molar-refractivity contribution in [2.24, 2.45) is 0 Å². The number of hydrogen-bond donors (Lipinski definition) is 1. The molecule has 3 aromatic carbocycles. The smallest absolute Gasteiger partial charge is 0.266 e. The molecule has 3 rings (SSSR count). The number of aryl methyl sites for hydroxylation is 2. The lowest BCUT2D eigenvalue weighted by Gasteiger charge is -2.10. The van der Waals surface area contributed by atoms with Crippen molar-refractivity contribution in [1.29, 1.82) is 5.26 Å².